The molecule has 0 aliphatic carbocycles. The first-order valence-corrected chi connectivity index (χ1v) is 7.69. The first-order valence-electron chi connectivity index (χ1n) is 5.41. The zero-order valence-corrected chi connectivity index (χ0v) is 12.6. The molecule has 0 saturated heterocycles. The molecule has 0 heterocycles. The van der Waals surface area contributed by atoms with E-state index in [1.807, 2.05) is 0 Å². The van der Waals surface area contributed by atoms with Gasteiger partial charge in [-0.05, 0) is 24.6 Å². The number of benzene rings is 1. The summed E-state index contributed by atoms with van der Waals surface area (Å²) in [5.74, 6) is 0.262. The number of ether oxygens (including phenoxy) is 1. The van der Waals surface area contributed by atoms with Gasteiger partial charge in [-0.25, -0.2) is 13.1 Å². The van der Waals surface area contributed by atoms with Crippen LogP contribution in [0.3, 0.4) is 0 Å². The van der Waals surface area contributed by atoms with Crippen LogP contribution in [0.2, 0.25) is 0 Å². The highest BCUT2D eigenvalue weighted by atomic mass is 79.9. The van der Waals surface area contributed by atoms with Crippen molar-refractivity contribution in [3.8, 4) is 5.75 Å². The van der Waals surface area contributed by atoms with Crippen LogP contribution in [0.1, 0.15) is 13.3 Å². The van der Waals surface area contributed by atoms with Crippen molar-refractivity contribution in [3.63, 3.8) is 0 Å². The first-order chi connectivity index (χ1) is 8.44. The van der Waals surface area contributed by atoms with Gasteiger partial charge in [0.2, 0.25) is 10.0 Å². The van der Waals surface area contributed by atoms with Gasteiger partial charge in [-0.3, -0.25) is 0 Å². The number of aliphatic hydroxyl groups excluding tert-OH is 1. The minimum atomic E-state index is -3.71. The van der Waals surface area contributed by atoms with Gasteiger partial charge in [0.1, 0.15) is 10.6 Å². The van der Waals surface area contributed by atoms with E-state index in [9.17, 15) is 8.42 Å². The van der Waals surface area contributed by atoms with E-state index in [0.717, 1.165) is 0 Å². The molecule has 7 heteroatoms. The molecule has 0 fully saturated rings. The molecule has 18 heavy (non-hydrogen) atoms. The van der Waals surface area contributed by atoms with Gasteiger partial charge in [-0.1, -0.05) is 22.9 Å². The van der Waals surface area contributed by atoms with Crippen LogP contribution in [0, 0.1) is 0 Å². The summed E-state index contributed by atoms with van der Waals surface area (Å²) in [4.78, 5) is 0.0475. The summed E-state index contributed by atoms with van der Waals surface area (Å²) in [5, 5.41) is 9.05. The Labute approximate surface area is 115 Å². The number of nitrogens with one attached hydrogen (secondary N) is 1. The fraction of sp³-hybridized carbons (Fsp3) is 0.455. The summed E-state index contributed by atoms with van der Waals surface area (Å²) in [6.07, 6.45) is 0.506. The number of methoxy groups -OCH3 is 1. The fourth-order valence-electron chi connectivity index (χ4n) is 1.39. The summed E-state index contributed by atoms with van der Waals surface area (Å²) in [6.45, 7) is 1.55. The molecule has 2 N–H and O–H groups in total. The van der Waals surface area contributed by atoms with E-state index in [1.165, 1.54) is 13.2 Å². The van der Waals surface area contributed by atoms with Crippen LogP contribution >= 0.6 is 15.9 Å². The molecular formula is C11H16BrNO4S. The number of sulfonamides is 1. The average Bonchev–Trinajstić information content (AvgIpc) is 2.36. The largest absolute Gasteiger partial charge is 0.495 e. The number of hydrogen-bond donors (Lipinski definition) is 2. The van der Waals surface area contributed by atoms with E-state index >= 15 is 0 Å². The Morgan fingerprint density at radius 3 is 2.67 bits per heavy atom. The lowest BCUT2D eigenvalue weighted by molar-refractivity contribution is 0.253. The average molecular weight is 338 g/mol. The molecule has 0 aromatic heterocycles. The van der Waals surface area contributed by atoms with Crippen molar-refractivity contribution in [1.29, 1.82) is 0 Å². The molecule has 0 amide bonds. The third kappa shape index (κ3) is 3.68. The second-order valence-electron chi connectivity index (χ2n) is 3.70. The van der Waals surface area contributed by atoms with Crippen LogP contribution in [0.25, 0.3) is 0 Å². The highest BCUT2D eigenvalue weighted by molar-refractivity contribution is 9.10. The van der Waals surface area contributed by atoms with E-state index < -0.39 is 16.1 Å². The summed E-state index contributed by atoms with van der Waals surface area (Å²) in [6, 6.07) is 4.23. The van der Waals surface area contributed by atoms with Crippen molar-refractivity contribution >= 4 is 26.0 Å². The van der Waals surface area contributed by atoms with Crippen LogP contribution in [-0.2, 0) is 10.0 Å². The van der Waals surface area contributed by atoms with E-state index in [-0.39, 0.29) is 17.3 Å². The molecule has 0 saturated carbocycles. The molecule has 0 bridgehead atoms. The monoisotopic (exact) mass is 337 g/mol. The van der Waals surface area contributed by atoms with Gasteiger partial charge in [-0.15, -0.1) is 0 Å². The molecule has 102 valence electrons. The maximum atomic E-state index is 12.2. The molecule has 1 unspecified atom stereocenters. The maximum absolute atomic E-state index is 12.2. The lowest BCUT2D eigenvalue weighted by Gasteiger charge is -2.16. The molecule has 5 nitrogen and oxygen atoms in total. The molecule has 1 rings (SSSR count). The van der Waals surface area contributed by atoms with Gasteiger partial charge in [0, 0.05) is 10.5 Å². The van der Waals surface area contributed by atoms with E-state index in [1.54, 1.807) is 19.1 Å². The van der Waals surface area contributed by atoms with Gasteiger partial charge < -0.3 is 9.84 Å². The van der Waals surface area contributed by atoms with E-state index in [0.29, 0.717) is 10.9 Å². The summed E-state index contributed by atoms with van der Waals surface area (Å²) >= 11 is 3.22. The fourth-order valence-corrected chi connectivity index (χ4v) is 3.41. The summed E-state index contributed by atoms with van der Waals surface area (Å²) in [5.41, 5.74) is 0. The second-order valence-corrected chi connectivity index (χ2v) is 6.30. The number of rotatable bonds is 6. The molecule has 1 aromatic carbocycles. The zero-order chi connectivity index (χ0) is 13.8. The van der Waals surface area contributed by atoms with Crippen LogP contribution in [0.15, 0.2) is 27.6 Å². The Morgan fingerprint density at radius 1 is 1.50 bits per heavy atom. The van der Waals surface area contributed by atoms with E-state index in [4.69, 9.17) is 9.84 Å². The molecule has 0 aliphatic rings. The predicted molar refractivity (Wildman–Crippen MR) is 72.2 cm³/mol. The minimum Gasteiger partial charge on any atom is -0.495 e. The Bertz CT molecular complexity index is 500. The van der Waals surface area contributed by atoms with Crippen molar-refractivity contribution in [2.24, 2.45) is 0 Å². The van der Waals surface area contributed by atoms with Gasteiger partial charge in [0.15, 0.2) is 0 Å². The van der Waals surface area contributed by atoms with Crippen molar-refractivity contribution in [1.82, 2.24) is 4.72 Å². The van der Waals surface area contributed by atoms with Crippen LogP contribution in [0.5, 0.6) is 5.75 Å². The van der Waals surface area contributed by atoms with Crippen LogP contribution < -0.4 is 9.46 Å². The number of aliphatic hydroxyl groups is 1. The van der Waals surface area contributed by atoms with Gasteiger partial charge in [-0.2, -0.15) is 0 Å². The third-order valence-corrected chi connectivity index (χ3v) is 4.49. The van der Waals surface area contributed by atoms with Crippen LogP contribution in [0.4, 0.5) is 0 Å². The Morgan fingerprint density at radius 2 is 2.17 bits per heavy atom. The van der Waals surface area contributed by atoms with Gasteiger partial charge >= 0.3 is 0 Å². The van der Waals surface area contributed by atoms with Crippen LogP contribution in [-0.4, -0.2) is 33.3 Å². The van der Waals surface area contributed by atoms with Crippen molar-refractivity contribution in [2.45, 2.75) is 24.3 Å². The molecular weight excluding hydrogens is 322 g/mol. The number of hydrogen-bond acceptors (Lipinski definition) is 4. The zero-order valence-electron chi connectivity index (χ0n) is 10.2. The van der Waals surface area contributed by atoms with Crippen molar-refractivity contribution in [2.75, 3.05) is 13.7 Å². The van der Waals surface area contributed by atoms with Gasteiger partial charge in [0.05, 0.1) is 13.7 Å². The minimum absolute atomic E-state index is 0.0475. The summed E-state index contributed by atoms with van der Waals surface area (Å²) in [7, 11) is -2.31. The highest BCUT2D eigenvalue weighted by Crippen LogP contribution is 2.27. The quantitative estimate of drug-likeness (QED) is 0.824. The Hall–Kier alpha value is -0.630. The Balaban J connectivity index is 3.15. The second kappa shape index (κ2) is 6.51. The topological polar surface area (TPSA) is 75.6 Å². The van der Waals surface area contributed by atoms with E-state index in [2.05, 4.69) is 20.7 Å². The predicted octanol–water partition coefficient (Wildman–Crippen LogP) is 1.51. The Kier molecular flexibility index (Phi) is 5.58. The lowest BCUT2D eigenvalue weighted by Crippen LogP contribution is -2.37. The lowest BCUT2D eigenvalue weighted by atomic mass is 10.3. The highest BCUT2D eigenvalue weighted by Gasteiger charge is 2.22. The maximum Gasteiger partial charge on any atom is 0.244 e. The molecule has 1 aromatic rings. The summed E-state index contributed by atoms with van der Waals surface area (Å²) < 4.78 is 32.4. The van der Waals surface area contributed by atoms with Crippen molar-refractivity contribution < 1.29 is 18.3 Å². The molecule has 0 aliphatic heterocycles. The number of halogens is 1. The standard InChI is InChI=1S/C11H16BrNO4S/c1-3-9(7-14)13-18(15,16)11-6-8(12)4-5-10(11)17-2/h4-6,9,13-14H,3,7H2,1-2H3. The normalized spacial score (nSPS) is 13.3. The van der Waals surface area contributed by atoms with Gasteiger partial charge in [0.25, 0.3) is 0 Å². The first kappa shape index (κ1) is 15.4. The SMILES string of the molecule is CCC(CO)NS(=O)(=O)c1cc(Br)ccc1OC. The molecule has 1 atom stereocenters. The third-order valence-electron chi connectivity index (χ3n) is 2.45. The molecule has 0 radical (unpaired) electrons. The molecule has 0 spiro atoms. The smallest absolute Gasteiger partial charge is 0.244 e. The van der Waals surface area contributed by atoms with Crippen molar-refractivity contribution in [3.05, 3.63) is 22.7 Å².